The molecule has 1 aromatic carbocycles. The number of carbonyl (C=O) groups is 2. The van der Waals surface area contributed by atoms with E-state index in [1.54, 1.807) is 11.1 Å². The van der Waals surface area contributed by atoms with Crippen molar-refractivity contribution in [3.63, 3.8) is 0 Å². The van der Waals surface area contributed by atoms with Crippen molar-refractivity contribution in [3.8, 4) is 0 Å². The molecule has 12 heteroatoms. The summed E-state index contributed by atoms with van der Waals surface area (Å²) in [6.07, 6.45) is 4.78. The first-order valence-corrected chi connectivity index (χ1v) is 17.4. The number of carbonyl (C=O) groups excluding carboxylic acids is 2. The minimum Gasteiger partial charge on any atom is -0.444 e. The molecule has 1 aliphatic carbocycles. The van der Waals surface area contributed by atoms with E-state index in [1.165, 1.54) is 6.20 Å². The number of rotatable bonds is 5. The molecular weight excluding hydrogens is 707 g/mol. The lowest BCUT2D eigenvalue weighted by molar-refractivity contribution is 0.0240. The maximum absolute atomic E-state index is 12.9. The number of nitrogens with zero attached hydrogens (tertiary/aromatic N) is 5. The van der Waals surface area contributed by atoms with Crippen LogP contribution in [-0.4, -0.2) is 64.5 Å². The molecule has 0 radical (unpaired) electrons. The van der Waals surface area contributed by atoms with Crippen LogP contribution in [-0.2, 0) is 10.2 Å². The Balaban J connectivity index is 0.00000134. The van der Waals surface area contributed by atoms with Gasteiger partial charge in [0.2, 0.25) is 0 Å². The fourth-order valence-corrected chi connectivity index (χ4v) is 4.64. The molecular formula is C28H40BrIN6O3S. The molecule has 1 aromatic heterocycles. The van der Waals surface area contributed by atoms with Gasteiger partial charge in [0, 0.05) is 30.7 Å². The van der Waals surface area contributed by atoms with E-state index in [-0.39, 0.29) is 11.8 Å². The van der Waals surface area contributed by atoms with Gasteiger partial charge in [-0.25, -0.2) is 14.8 Å². The molecule has 2 aromatic rings. The lowest BCUT2D eigenvalue weighted by Crippen LogP contribution is -2.50. The molecule has 2 heterocycles. The van der Waals surface area contributed by atoms with Gasteiger partial charge in [-0.3, -0.25) is 4.79 Å². The Hall–Kier alpha value is -1.93. The van der Waals surface area contributed by atoms with E-state index >= 15 is 0 Å². The van der Waals surface area contributed by atoms with Gasteiger partial charge in [0.15, 0.2) is 0 Å². The van der Waals surface area contributed by atoms with Crippen molar-refractivity contribution in [2.75, 3.05) is 31.1 Å². The summed E-state index contributed by atoms with van der Waals surface area (Å²) in [7, 11) is 3.50. The minimum atomic E-state index is -0.526. The van der Waals surface area contributed by atoms with Crippen molar-refractivity contribution < 1.29 is 14.3 Å². The zero-order valence-corrected chi connectivity index (χ0v) is 28.7. The third-order valence-electron chi connectivity index (χ3n) is 6.70. The molecule has 1 saturated carbocycles. The highest BCUT2D eigenvalue weighted by Gasteiger charge is 2.46. The van der Waals surface area contributed by atoms with E-state index in [1.807, 2.05) is 91.9 Å². The Kier molecular flexibility index (Phi) is 13.1. The number of nitrogens with two attached hydrogens (primary N) is 1. The Morgan fingerprint density at radius 2 is 1.60 bits per heavy atom. The molecule has 2 N–H and O–H groups in total. The van der Waals surface area contributed by atoms with Gasteiger partial charge in [0.1, 0.15) is 22.9 Å². The number of amides is 2. The van der Waals surface area contributed by atoms with Crippen LogP contribution in [0.15, 0.2) is 46.1 Å². The quantitative estimate of drug-likeness (QED) is 0.157. The van der Waals surface area contributed by atoms with E-state index in [9.17, 15) is 9.59 Å². The second-order valence-electron chi connectivity index (χ2n) is 10.5. The van der Waals surface area contributed by atoms with Gasteiger partial charge >= 0.3 is 6.09 Å². The monoisotopic (exact) mass is 746 g/mol. The van der Waals surface area contributed by atoms with Gasteiger partial charge < -0.3 is 20.3 Å². The van der Waals surface area contributed by atoms with E-state index in [2.05, 4.69) is 40.7 Å². The van der Waals surface area contributed by atoms with Crippen molar-refractivity contribution in [2.24, 2.45) is 16.6 Å². The van der Waals surface area contributed by atoms with Crippen LogP contribution in [0.3, 0.4) is 0 Å². The molecule has 220 valence electrons. The van der Waals surface area contributed by atoms with E-state index in [0.29, 0.717) is 43.8 Å². The summed E-state index contributed by atoms with van der Waals surface area (Å²) in [4.78, 5) is 41.9. The Morgan fingerprint density at radius 1 is 1.02 bits per heavy atom. The number of aromatic nitrogens is 2. The normalized spacial score (nSPS) is 17.0. The summed E-state index contributed by atoms with van der Waals surface area (Å²) in [6.45, 7) is 13.8. The van der Waals surface area contributed by atoms with Gasteiger partial charge in [0.05, 0.1) is 17.8 Å². The Labute approximate surface area is 263 Å². The van der Waals surface area contributed by atoms with Gasteiger partial charge in [-0.1, -0.05) is 41.9 Å². The molecule has 2 aliphatic rings. The van der Waals surface area contributed by atoms with Crippen LogP contribution in [0, 0.1) is 5.92 Å². The van der Waals surface area contributed by atoms with Gasteiger partial charge in [-0.15, -0.1) is 9.80 Å². The van der Waals surface area contributed by atoms with Crippen LogP contribution < -0.4 is 10.6 Å². The van der Waals surface area contributed by atoms with Gasteiger partial charge in [0.25, 0.3) is 5.91 Å². The second-order valence-corrected chi connectivity index (χ2v) is 11.4. The largest absolute Gasteiger partial charge is 0.444 e. The number of piperazine rings is 1. The fraction of sp³-hybridized carbons (Fsp3) is 0.536. The highest BCUT2D eigenvalue weighted by atomic mass is 127. The number of hydrogen-bond donors (Lipinski definition) is 2. The molecule has 1 atom stereocenters. The van der Waals surface area contributed by atoms with Crippen LogP contribution in [0.2, 0.25) is 0 Å². The number of aliphatic imine (C=N–C) groups is 1. The zero-order valence-electron chi connectivity index (χ0n) is 24.0. The lowest BCUT2D eigenvalue weighted by Gasteiger charge is -2.36. The Bertz CT molecular complexity index is 1150. The second kappa shape index (κ2) is 15.3. The maximum atomic E-state index is 12.9. The van der Waals surface area contributed by atoms with Crippen molar-refractivity contribution in [1.29, 1.82) is 0 Å². The first kappa shape index (κ1) is 34.3. The summed E-state index contributed by atoms with van der Waals surface area (Å²) in [5, 5.41) is 0. The predicted octanol–water partition coefficient (Wildman–Crippen LogP) is 6.45. The molecule has 4 rings (SSSR count). The van der Waals surface area contributed by atoms with Crippen molar-refractivity contribution in [2.45, 2.75) is 65.4 Å². The average Bonchev–Trinajstić information content (AvgIpc) is 3.81. The molecule has 2 fully saturated rings. The highest BCUT2D eigenvalue weighted by molar-refractivity contribution is 14.2. The van der Waals surface area contributed by atoms with Crippen molar-refractivity contribution in [1.82, 2.24) is 14.9 Å². The number of benzene rings is 1. The molecule has 2 amide bonds. The number of anilines is 1. The van der Waals surface area contributed by atoms with Crippen LogP contribution in [0.25, 0.3) is 0 Å². The average molecular weight is 748 g/mol. The maximum Gasteiger partial charge on any atom is 0.410 e. The first-order valence-electron chi connectivity index (χ1n) is 13.3. The molecule has 1 saturated heterocycles. The van der Waals surface area contributed by atoms with E-state index in [0.717, 1.165) is 22.9 Å². The number of amidine groups is 1. The number of halogens is 2. The predicted molar refractivity (Wildman–Crippen MR) is 177 cm³/mol. The molecule has 1 unspecified atom stereocenters. The summed E-state index contributed by atoms with van der Waals surface area (Å²) < 4.78 is 6.43. The SMILES string of the molecule is CC.CC(C)(C)OC(=O)N1CCN(c2cnc(C(=O)N=C(N)C(C)(c3ccc(Br)cc3)C3CC3)cn2)CC1.SI. The van der Waals surface area contributed by atoms with Crippen LogP contribution in [0.5, 0.6) is 0 Å². The number of ether oxygens (including phenoxy) is 1. The smallest absolute Gasteiger partial charge is 0.410 e. The summed E-state index contributed by atoms with van der Waals surface area (Å²) in [5.74, 6) is 0.778. The highest BCUT2D eigenvalue weighted by Crippen LogP contribution is 2.47. The molecule has 40 heavy (non-hydrogen) atoms. The molecule has 1 aliphatic heterocycles. The number of thiol groups is 1. The first-order chi connectivity index (χ1) is 19.0. The topological polar surface area (TPSA) is 114 Å². The lowest BCUT2D eigenvalue weighted by atomic mass is 9.76. The van der Waals surface area contributed by atoms with E-state index < -0.39 is 16.9 Å². The van der Waals surface area contributed by atoms with Crippen LogP contribution >= 0.6 is 46.9 Å². The standard InChI is InChI=1S/C26H33BrN6O3.C2H6.HIS/c1-25(2,3)36-24(35)33-13-11-32(12-14-33)21-16-29-20(15-30-21)22(34)31-23(28)26(4,17-5-6-17)18-7-9-19(27)10-8-18;2*1-2/h7-10,15-17H,5-6,11-14H2,1-4H3,(H2,28,31,34);1-2H3;2H. The van der Waals surface area contributed by atoms with Crippen molar-refractivity contribution >= 4 is 70.6 Å². The van der Waals surface area contributed by atoms with E-state index in [4.69, 9.17) is 10.5 Å². The zero-order chi connectivity index (χ0) is 30.1. The fourth-order valence-electron chi connectivity index (χ4n) is 4.37. The summed E-state index contributed by atoms with van der Waals surface area (Å²) in [6, 6.07) is 7.99. The van der Waals surface area contributed by atoms with Crippen molar-refractivity contribution in [3.05, 3.63) is 52.4 Å². The Morgan fingerprint density at radius 3 is 2.08 bits per heavy atom. The third-order valence-corrected chi connectivity index (χ3v) is 7.23. The van der Waals surface area contributed by atoms with Gasteiger partial charge in [-0.2, -0.15) is 4.99 Å². The third kappa shape index (κ3) is 9.04. The van der Waals surface area contributed by atoms with Gasteiger partial charge in [-0.05, 0) is 85.4 Å². The summed E-state index contributed by atoms with van der Waals surface area (Å²) in [5.41, 5.74) is 6.58. The molecule has 9 nitrogen and oxygen atoms in total. The number of hydrogen-bond acceptors (Lipinski definition) is 7. The molecule has 0 bridgehead atoms. The van der Waals surface area contributed by atoms with Crippen LogP contribution in [0.1, 0.15) is 70.4 Å². The van der Waals surface area contributed by atoms with Crippen LogP contribution in [0.4, 0.5) is 10.6 Å². The summed E-state index contributed by atoms with van der Waals surface area (Å²) >= 11 is 5.31. The minimum absolute atomic E-state index is 0.142. The molecule has 0 spiro atoms.